The van der Waals surface area contributed by atoms with Crippen LogP contribution < -0.4 is 0 Å². The van der Waals surface area contributed by atoms with E-state index in [2.05, 4.69) is 4.99 Å². The number of rotatable bonds is 2. The highest BCUT2D eigenvalue weighted by Crippen LogP contribution is 2.25. The van der Waals surface area contributed by atoms with Crippen LogP contribution in [0.4, 0.5) is 8.78 Å². The van der Waals surface area contributed by atoms with Crippen molar-refractivity contribution in [3.63, 3.8) is 0 Å². The number of halogens is 2. The van der Waals surface area contributed by atoms with Crippen molar-refractivity contribution >= 4 is 27.9 Å². The minimum absolute atomic E-state index is 0.454. The van der Waals surface area contributed by atoms with E-state index in [9.17, 15) is 8.78 Å². The molecular formula is C6H11F2NS2. The Kier molecular flexibility index (Phi) is 5.95. The van der Waals surface area contributed by atoms with Crippen LogP contribution in [0.3, 0.4) is 0 Å². The summed E-state index contributed by atoms with van der Waals surface area (Å²) < 4.78 is 25.1. The van der Waals surface area contributed by atoms with E-state index >= 15 is 0 Å². The van der Waals surface area contributed by atoms with Gasteiger partial charge in [-0.15, -0.1) is 0 Å². The van der Waals surface area contributed by atoms with Gasteiger partial charge in [0, 0.05) is 7.05 Å². The quantitative estimate of drug-likeness (QED) is 0.500. The Labute approximate surface area is 74.0 Å². The molecule has 0 spiro atoms. The fourth-order valence-electron chi connectivity index (χ4n) is 0.411. The number of aliphatic imine (C=N–C) groups is 1. The van der Waals surface area contributed by atoms with Crippen LogP contribution >= 0.6 is 23.5 Å². The second-order valence-electron chi connectivity index (χ2n) is 1.81. The molecule has 0 aromatic heterocycles. The van der Waals surface area contributed by atoms with Crippen molar-refractivity contribution in [2.45, 2.75) is 24.9 Å². The van der Waals surface area contributed by atoms with Crippen molar-refractivity contribution in [3.05, 3.63) is 0 Å². The average molecular weight is 199 g/mol. The van der Waals surface area contributed by atoms with Crippen molar-refractivity contribution in [2.75, 3.05) is 7.05 Å². The van der Waals surface area contributed by atoms with Crippen molar-refractivity contribution < 1.29 is 8.78 Å². The van der Waals surface area contributed by atoms with Gasteiger partial charge in [0.25, 0.3) is 0 Å². The Bertz CT molecular complexity index is 125. The van der Waals surface area contributed by atoms with Crippen LogP contribution in [0.2, 0.25) is 0 Å². The molecule has 0 saturated heterocycles. The molecule has 0 aliphatic heterocycles. The molecule has 0 N–H and O–H groups in total. The van der Waals surface area contributed by atoms with Crippen molar-refractivity contribution in [2.24, 2.45) is 4.99 Å². The summed E-state index contributed by atoms with van der Waals surface area (Å²) in [6, 6.07) is 0. The molecule has 0 aromatic carbocycles. The summed E-state index contributed by atoms with van der Waals surface area (Å²) in [6.45, 7) is 2.80. The minimum atomic E-state index is -1.03. The van der Waals surface area contributed by atoms with Crippen LogP contribution in [-0.2, 0) is 0 Å². The maximum atomic E-state index is 12.3. The largest absolute Gasteiger partial charge is 0.275 e. The molecule has 0 aliphatic rings. The van der Waals surface area contributed by atoms with E-state index in [1.54, 1.807) is 0 Å². The molecule has 0 amide bonds. The number of alkyl halides is 2. The van der Waals surface area contributed by atoms with Gasteiger partial charge in [0.05, 0.1) is 0 Å². The average Bonchev–Trinajstić information content (AvgIpc) is 1.84. The minimum Gasteiger partial charge on any atom is -0.275 e. The topological polar surface area (TPSA) is 12.4 Å². The number of hydrogen-bond acceptors (Lipinski definition) is 3. The predicted molar refractivity (Wildman–Crippen MR) is 49.7 cm³/mol. The molecule has 2 unspecified atom stereocenters. The molecule has 0 saturated carbocycles. The first kappa shape index (κ1) is 11.2. The third kappa shape index (κ3) is 6.62. The second kappa shape index (κ2) is 5.83. The highest BCUT2D eigenvalue weighted by molar-refractivity contribution is 8.39. The van der Waals surface area contributed by atoms with Crippen LogP contribution in [0, 0.1) is 0 Å². The summed E-state index contributed by atoms with van der Waals surface area (Å²) >= 11 is 1.87. The summed E-state index contributed by atoms with van der Waals surface area (Å²) in [5.74, 6) is 0. The third-order valence-corrected chi connectivity index (χ3v) is 2.70. The molecule has 1 nitrogen and oxygen atoms in total. The lowest BCUT2D eigenvalue weighted by atomic mass is 10.9. The fourth-order valence-corrected chi connectivity index (χ4v) is 2.20. The van der Waals surface area contributed by atoms with Gasteiger partial charge in [0.1, 0.15) is 15.4 Å². The van der Waals surface area contributed by atoms with Crippen LogP contribution in [0.15, 0.2) is 4.99 Å². The summed E-state index contributed by atoms with van der Waals surface area (Å²) in [7, 11) is 1.53. The SMILES string of the molecule is CN=C(SC(C)F)SC(C)F. The summed E-state index contributed by atoms with van der Waals surface area (Å²) in [4.78, 5) is 3.73. The normalized spacial score (nSPS) is 15.7. The van der Waals surface area contributed by atoms with Crippen molar-refractivity contribution in [1.82, 2.24) is 0 Å². The zero-order valence-corrected chi connectivity index (χ0v) is 8.31. The Morgan fingerprint density at radius 2 is 1.55 bits per heavy atom. The first-order valence-corrected chi connectivity index (χ1v) is 4.90. The van der Waals surface area contributed by atoms with E-state index < -0.39 is 11.0 Å². The first-order valence-electron chi connectivity index (χ1n) is 3.14. The molecule has 0 aliphatic carbocycles. The third-order valence-electron chi connectivity index (χ3n) is 0.709. The first-order chi connectivity index (χ1) is 5.06. The molecule has 0 heterocycles. The predicted octanol–water partition coefficient (Wildman–Crippen LogP) is 3.07. The van der Waals surface area contributed by atoms with E-state index in [-0.39, 0.29) is 0 Å². The zero-order chi connectivity index (χ0) is 8.85. The lowest BCUT2D eigenvalue weighted by Gasteiger charge is -2.05. The lowest BCUT2D eigenvalue weighted by Crippen LogP contribution is -1.96. The fraction of sp³-hybridized carbons (Fsp3) is 0.833. The van der Waals surface area contributed by atoms with Gasteiger partial charge in [-0.3, -0.25) is 4.99 Å². The highest BCUT2D eigenvalue weighted by Gasteiger charge is 2.09. The standard InChI is InChI=1S/C6H11F2NS2/c1-4(7)10-6(9-3)11-5(2)8/h4-5H,1-3H3. The number of thioether (sulfide) groups is 2. The van der Waals surface area contributed by atoms with Crippen molar-refractivity contribution in [1.29, 1.82) is 0 Å². The van der Waals surface area contributed by atoms with Gasteiger partial charge in [-0.05, 0) is 13.8 Å². The second-order valence-corrected chi connectivity index (χ2v) is 4.61. The lowest BCUT2D eigenvalue weighted by molar-refractivity contribution is 0.485. The molecule has 0 rings (SSSR count). The number of hydrogen-bond donors (Lipinski definition) is 0. The van der Waals surface area contributed by atoms with Gasteiger partial charge in [0.15, 0.2) is 0 Å². The Morgan fingerprint density at radius 1 is 1.18 bits per heavy atom. The van der Waals surface area contributed by atoms with Gasteiger partial charge in [-0.2, -0.15) is 0 Å². The summed E-state index contributed by atoms with van der Waals surface area (Å²) in [5, 5.41) is 0. The molecule has 2 atom stereocenters. The zero-order valence-electron chi connectivity index (χ0n) is 6.67. The molecule has 0 aromatic rings. The molecule has 5 heteroatoms. The van der Waals surface area contributed by atoms with Gasteiger partial charge in [0.2, 0.25) is 0 Å². The van der Waals surface area contributed by atoms with E-state index in [1.165, 1.54) is 20.9 Å². The van der Waals surface area contributed by atoms with E-state index in [4.69, 9.17) is 0 Å². The smallest absolute Gasteiger partial charge is 0.149 e. The Morgan fingerprint density at radius 3 is 1.73 bits per heavy atom. The molecule has 0 fully saturated rings. The summed E-state index contributed by atoms with van der Waals surface area (Å²) in [6.07, 6.45) is 0. The Balaban J connectivity index is 3.79. The highest BCUT2D eigenvalue weighted by atomic mass is 32.2. The van der Waals surface area contributed by atoms with Gasteiger partial charge in [-0.25, -0.2) is 8.78 Å². The maximum Gasteiger partial charge on any atom is 0.149 e. The van der Waals surface area contributed by atoms with Crippen molar-refractivity contribution in [3.8, 4) is 0 Å². The van der Waals surface area contributed by atoms with Crippen LogP contribution in [0.1, 0.15) is 13.8 Å². The molecule has 0 bridgehead atoms. The number of nitrogens with zero attached hydrogens (tertiary/aromatic N) is 1. The van der Waals surface area contributed by atoms with E-state index in [1.807, 2.05) is 0 Å². The van der Waals surface area contributed by atoms with Crippen LogP contribution in [0.5, 0.6) is 0 Å². The molecule has 0 radical (unpaired) electrons. The maximum absolute atomic E-state index is 12.3. The molecular weight excluding hydrogens is 188 g/mol. The Hall–Kier alpha value is 0.230. The van der Waals surface area contributed by atoms with E-state index in [0.717, 1.165) is 23.5 Å². The van der Waals surface area contributed by atoms with Crippen LogP contribution in [0.25, 0.3) is 0 Å². The van der Waals surface area contributed by atoms with Gasteiger partial charge < -0.3 is 0 Å². The molecule has 66 valence electrons. The van der Waals surface area contributed by atoms with Gasteiger partial charge in [-0.1, -0.05) is 23.5 Å². The molecule has 11 heavy (non-hydrogen) atoms. The summed E-state index contributed by atoms with van der Waals surface area (Å²) in [5.41, 5.74) is -2.06. The monoisotopic (exact) mass is 199 g/mol. The van der Waals surface area contributed by atoms with Crippen LogP contribution in [-0.4, -0.2) is 22.4 Å². The van der Waals surface area contributed by atoms with E-state index in [0.29, 0.717) is 4.38 Å². The van der Waals surface area contributed by atoms with Gasteiger partial charge >= 0.3 is 0 Å².